The second-order valence-corrected chi connectivity index (χ2v) is 7.30. The van der Waals surface area contributed by atoms with Crippen molar-refractivity contribution in [3.8, 4) is 0 Å². The van der Waals surface area contributed by atoms with Crippen LogP contribution in [0, 0.1) is 0 Å². The van der Waals surface area contributed by atoms with Crippen molar-refractivity contribution in [1.82, 2.24) is 15.3 Å². The first-order valence-electron chi connectivity index (χ1n) is 10.3. The molecule has 0 aliphatic rings. The molecule has 0 saturated heterocycles. The van der Waals surface area contributed by atoms with E-state index in [0.29, 0.717) is 28.0 Å². The molecule has 7 heteroatoms. The fourth-order valence-electron chi connectivity index (χ4n) is 3.40. The zero-order valence-electron chi connectivity index (χ0n) is 17.2. The highest BCUT2D eigenvalue weighted by Gasteiger charge is 2.23. The van der Waals surface area contributed by atoms with Gasteiger partial charge in [0.2, 0.25) is 5.91 Å². The zero-order chi connectivity index (χ0) is 22.3. The van der Waals surface area contributed by atoms with Crippen molar-refractivity contribution >= 4 is 28.4 Å². The number of hydrogen-bond donors (Lipinski definition) is 3. The van der Waals surface area contributed by atoms with Gasteiger partial charge in [-0.2, -0.15) is 0 Å². The third-order valence-electron chi connectivity index (χ3n) is 4.99. The number of carbonyl (C=O) groups excluding carboxylic acids is 2. The molecule has 3 aromatic carbocycles. The number of H-pyrrole nitrogens is 1. The molecule has 0 radical (unpaired) electrons. The fourth-order valence-corrected chi connectivity index (χ4v) is 3.40. The Morgan fingerprint density at radius 1 is 0.875 bits per heavy atom. The topological polar surface area (TPSA) is 104 Å². The maximum absolute atomic E-state index is 12.9. The van der Waals surface area contributed by atoms with E-state index in [0.717, 1.165) is 0 Å². The Morgan fingerprint density at radius 2 is 1.53 bits per heavy atom. The van der Waals surface area contributed by atoms with Crippen LogP contribution in [0.5, 0.6) is 0 Å². The quantitative estimate of drug-likeness (QED) is 0.422. The number of anilines is 1. The number of hydrogen-bond acceptors (Lipinski definition) is 4. The maximum Gasteiger partial charge on any atom is 0.258 e. The third kappa shape index (κ3) is 5.07. The van der Waals surface area contributed by atoms with Crippen molar-refractivity contribution in [2.24, 2.45) is 0 Å². The number of carbonyl (C=O) groups is 2. The van der Waals surface area contributed by atoms with E-state index in [2.05, 4.69) is 20.6 Å². The molecule has 0 spiro atoms. The van der Waals surface area contributed by atoms with Gasteiger partial charge in [-0.1, -0.05) is 60.7 Å². The van der Waals surface area contributed by atoms with Crippen molar-refractivity contribution in [2.45, 2.75) is 18.9 Å². The smallest absolute Gasteiger partial charge is 0.258 e. The number of aromatic nitrogens is 2. The van der Waals surface area contributed by atoms with E-state index in [1.54, 1.807) is 48.5 Å². The molecular weight excluding hydrogens is 404 g/mol. The molecule has 7 nitrogen and oxygen atoms in total. The first-order chi connectivity index (χ1) is 15.6. The number of amides is 2. The van der Waals surface area contributed by atoms with Crippen LogP contribution < -0.4 is 16.2 Å². The van der Waals surface area contributed by atoms with Gasteiger partial charge in [0.15, 0.2) is 0 Å². The minimum atomic E-state index is -0.854. The average Bonchev–Trinajstić information content (AvgIpc) is 2.82. The van der Waals surface area contributed by atoms with Crippen molar-refractivity contribution in [3.63, 3.8) is 0 Å². The summed E-state index contributed by atoms with van der Waals surface area (Å²) >= 11 is 0. The van der Waals surface area contributed by atoms with E-state index in [9.17, 15) is 14.4 Å². The fraction of sp³-hybridized carbons (Fsp3) is 0.120. The van der Waals surface area contributed by atoms with Gasteiger partial charge in [-0.25, -0.2) is 4.98 Å². The summed E-state index contributed by atoms with van der Waals surface area (Å²) in [6.45, 7) is 0. The largest absolute Gasteiger partial charge is 0.341 e. The van der Waals surface area contributed by atoms with E-state index >= 15 is 0 Å². The highest BCUT2D eigenvalue weighted by Crippen LogP contribution is 2.16. The van der Waals surface area contributed by atoms with Gasteiger partial charge >= 0.3 is 0 Å². The van der Waals surface area contributed by atoms with E-state index in [1.165, 1.54) is 0 Å². The summed E-state index contributed by atoms with van der Waals surface area (Å²) in [7, 11) is 0. The summed E-state index contributed by atoms with van der Waals surface area (Å²) < 4.78 is 0. The van der Waals surface area contributed by atoms with Gasteiger partial charge in [0.25, 0.3) is 11.5 Å². The summed E-state index contributed by atoms with van der Waals surface area (Å²) in [5.74, 6) is -0.236. The number of nitrogens with one attached hydrogen (secondary N) is 3. The van der Waals surface area contributed by atoms with Crippen LogP contribution >= 0.6 is 0 Å². The van der Waals surface area contributed by atoms with Gasteiger partial charge in [0.05, 0.1) is 10.9 Å². The van der Waals surface area contributed by atoms with E-state index in [1.807, 2.05) is 36.4 Å². The molecule has 0 aliphatic carbocycles. The highest BCUT2D eigenvalue weighted by atomic mass is 16.2. The number of nitrogens with zero attached hydrogens (tertiary/aromatic N) is 1. The molecule has 0 bridgehead atoms. The molecule has 0 saturated carbocycles. The lowest BCUT2D eigenvalue weighted by Crippen LogP contribution is -2.37. The van der Waals surface area contributed by atoms with Gasteiger partial charge < -0.3 is 15.6 Å². The molecule has 1 atom stereocenters. The van der Waals surface area contributed by atoms with Gasteiger partial charge in [0.1, 0.15) is 11.9 Å². The summed E-state index contributed by atoms with van der Waals surface area (Å²) in [6.07, 6.45) is 0.316. The van der Waals surface area contributed by atoms with E-state index in [-0.39, 0.29) is 30.2 Å². The normalized spacial score (nSPS) is 11.6. The van der Waals surface area contributed by atoms with Crippen LogP contribution in [0.15, 0.2) is 89.7 Å². The van der Waals surface area contributed by atoms with Gasteiger partial charge in [-0.05, 0) is 29.8 Å². The van der Waals surface area contributed by atoms with Crippen molar-refractivity contribution in [2.75, 3.05) is 5.32 Å². The van der Waals surface area contributed by atoms with Crippen LogP contribution in [0.4, 0.5) is 5.69 Å². The summed E-state index contributed by atoms with van der Waals surface area (Å²) in [4.78, 5) is 45.0. The first kappa shape index (κ1) is 21.0. The third-order valence-corrected chi connectivity index (χ3v) is 4.99. The van der Waals surface area contributed by atoms with Crippen LogP contribution in [0.25, 0.3) is 10.9 Å². The number of aryl methyl sites for hydroxylation is 1. The SMILES string of the molecule is O=C(CCc1nc2ccccc2c(=O)[nH]1)NC(C(=O)Nc1ccccc1)c1ccccc1. The lowest BCUT2D eigenvalue weighted by Gasteiger charge is -2.19. The molecule has 2 amide bonds. The first-order valence-corrected chi connectivity index (χ1v) is 10.3. The zero-order valence-corrected chi connectivity index (χ0v) is 17.2. The van der Waals surface area contributed by atoms with Crippen molar-refractivity contribution < 1.29 is 9.59 Å². The molecule has 4 aromatic rings. The summed E-state index contributed by atoms with van der Waals surface area (Å²) in [5.41, 5.74) is 1.66. The Bertz CT molecular complexity index is 1290. The Hall–Kier alpha value is -4.26. The maximum atomic E-state index is 12.9. The molecule has 160 valence electrons. The lowest BCUT2D eigenvalue weighted by molar-refractivity contribution is -0.126. The molecule has 1 heterocycles. The Balaban J connectivity index is 1.46. The summed E-state index contributed by atoms with van der Waals surface area (Å²) in [5, 5.41) is 6.14. The van der Waals surface area contributed by atoms with Crippen LogP contribution in [0.3, 0.4) is 0 Å². The minimum absolute atomic E-state index is 0.0726. The Kier molecular flexibility index (Phi) is 6.36. The van der Waals surface area contributed by atoms with Gasteiger partial charge in [-0.15, -0.1) is 0 Å². The Morgan fingerprint density at radius 3 is 2.28 bits per heavy atom. The number of benzene rings is 3. The van der Waals surface area contributed by atoms with Crippen molar-refractivity contribution in [3.05, 3.63) is 107 Å². The van der Waals surface area contributed by atoms with Crippen LogP contribution in [0.2, 0.25) is 0 Å². The van der Waals surface area contributed by atoms with Crippen LogP contribution in [0.1, 0.15) is 23.9 Å². The van der Waals surface area contributed by atoms with Gasteiger partial charge in [0, 0.05) is 18.5 Å². The number of aromatic amines is 1. The van der Waals surface area contributed by atoms with E-state index in [4.69, 9.17) is 0 Å². The molecule has 32 heavy (non-hydrogen) atoms. The average molecular weight is 426 g/mol. The summed E-state index contributed by atoms with van der Waals surface area (Å²) in [6, 6.07) is 24.3. The second kappa shape index (κ2) is 9.70. The van der Waals surface area contributed by atoms with Crippen LogP contribution in [-0.2, 0) is 16.0 Å². The number of rotatable bonds is 7. The van der Waals surface area contributed by atoms with E-state index < -0.39 is 6.04 Å². The predicted octanol–water partition coefficient (Wildman–Crippen LogP) is 3.35. The molecule has 1 unspecified atom stereocenters. The molecule has 1 aromatic heterocycles. The Labute approximate surface area is 184 Å². The molecule has 0 aliphatic heterocycles. The lowest BCUT2D eigenvalue weighted by atomic mass is 10.1. The molecular formula is C25H22N4O3. The van der Waals surface area contributed by atoms with Crippen LogP contribution in [-0.4, -0.2) is 21.8 Å². The van der Waals surface area contributed by atoms with Gasteiger partial charge in [-0.3, -0.25) is 14.4 Å². The molecule has 3 N–H and O–H groups in total. The molecule has 0 fully saturated rings. The predicted molar refractivity (Wildman–Crippen MR) is 123 cm³/mol. The standard InChI is InChI=1S/C25H22N4O3/c30-22(16-15-21-27-20-14-8-7-13-19(20)24(31)28-21)29-23(17-9-3-1-4-10-17)25(32)26-18-11-5-2-6-12-18/h1-14,23H,15-16H2,(H,26,32)(H,29,30)(H,27,28,31). The second-order valence-electron chi connectivity index (χ2n) is 7.30. The number of para-hydroxylation sites is 2. The van der Waals surface area contributed by atoms with Crippen molar-refractivity contribution in [1.29, 1.82) is 0 Å². The molecule has 4 rings (SSSR count). The minimum Gasteiger partial charge on any atom is -0.341 e. The monoisotopic (exact) mass is 426 g/mol. The number of fused-ring (bicyclic) bond motifs is 1. The highest BCUT2D eigenvalue weighted by molar-refractivity contribution is 5.97.